The number of nitrogens with zero attached hydrogens (tertiary/aromatic N) is 1. The molecule has 4 rings (SSSR count). The third-order valence-electron chi connectivity index (χ3n) is 8.11. The number of benzene rings is 2. The summed E-state index contributed by atoms with van der Waals surface area (Å²) in [5.41, 5.74) is 7.21. The van der Waals surface area contributed by atoms with Crippen LogP contribution in [0.3, 0.4) is 0 Å². The van der Waals surface area contributed by atoms with Gasteiger partial charge in [-0.05, 0) is 117 Å². The van der Waals surface area contributed by atoms with Crippen molar-refractivity contribution in [3.8, 4) is 17.2 Å². The second kappa shape index (κ2) is 12.0. The van der Waals surface area contributed by atoms with Gasteiger partial charge in [0.05, 0.1) is 14.2 Å². The number of carbonyl (C=O) groups is 1. The average Bonchev–Trinajstić information content (AvgIpc) is 3.39. The average molecular weight is 548 g/mol. The third kappa shape index (κ3) is 6.32. The SMILES string of the molecule is COc1ccc(CCN(CC(C)C)C(=O)c2ccc(Cc3c(C)c(C)c4c(c3C)CCC(C)(C)O4)o2)cc1OC. The molecule has 1 amide bonds. The molecule has 2 heterocycles. The van der Waals surface area contributed by atoms with E-state index < -0.39 is 0 Å². The van der Waals surface area contributed by atoms with Crippen LogP contribution in [0.2, 0.25) is 0 Å². The van der Waals surface area contributed by atoms with E-state index in [-0.39, 0.29) is 11.5 Å². The van der Waals surface area contributed by atoms with E-state index in [1.807, 2.05) is 35.2 Å². The summed E-state index contributed by atoms with van der Waals surface area (Å²) < 4.78 is 23.4. The molecule has 0 bridgehead atoms. The van der Waals surface area contributed by atoms with E-state index in [2.05, 4.69) is 48.5 Å². The number of rotatable bonds is 10. The van der Waals surface area contributed by atoms with Crippen molar-refractivity contribution in [1.82, 2.24) is 4.90 Å². The van der Waals surface area contributed by atoms with Crippen LogP contribution < -0.4 is 14.2 Å². The summed E-state index contributed by atoms with van der Waals surface area (Å²) in [6, 6.07) is 9.66. The summed E-state index contributed by atoms with van der Waals surface area (Å²) in [5, 5.41) is 0. The molecule has 0 radical (unpaired) electrons. The Morgan fingerprint density at radius 3 is 2.40 bits per heavy atom. The Bertz CT molecular complexity index is 1370. The maximum Gasteiger partial charge on any atom is 0.289 e. The molecule has 3 aromatic rings. The van der Waals surface area contributed by atoms with E-state index in [0.717, 1.165) is 29.9 Å². The highest BCUT2D eigenvalue weighted by Crippen LogP contribution is 2.41. The fourth-order valence-corrected chi connectivity index (χ4v) is 5.65. The van der Waals surface area contributed by atoms with Crippen LogP contribution in [-0.2, 0) is 19.3 Å². The first-order valence-electron chi connectivity index (χ1n) is 14.3. The molecule has 0 saturated heterocycles. The fourth-order valence-electron chi connectivity index (χ4n) is 5.65. The summed E-state index contributed by atoms with van der Waals surface area (Å²) in [4.78, 5) is 15.5. The minimum atomic E-state index is -0.143. The summed E-state index contributed by atoms with van der Waals surface area (Å²) in [5.74, 6) is 3.87. The van der Waals surface area contributed by atoms with Crippen molar-refractivity contribution in [2.75, 3.05) is 27.3 Å². The number of ether oxygens (including phenoxy) is 3. The Balaban J connectivity index is 1.52. The number of furan rings is 1. The summed E-state index contributed by atoms with van der Waals surface area (Å²) in [7, 11) is 3.26. The Labute approximate surface area is 239 Å². The zero-order valence-electron chi connectivity index (χ0n) is 25.7. The third-order valence-corrected chi connectivity index (χ3v) is 8.11. The molecule has 1 aliphatic rings. The predicted molar refractivity (Wildman–Crippen MR) is 159 cm³/mol. The van der Waals surface area contributed by atoms with Crippen LogP contribution in [0.5, 0.6) is 17.2 Å². The van der Waals surface area contributed by atoms with Gasteiger partial charge in [-0.1, -0.05) is 19.9 Å². The number of hydrogen-bond donors (Lipinski definition) is 0. The molecule has 0 aliphatic carbocycles. The highest BCUT2D eigenvalue weighted by Gasteiger charge is 2.31. The van der Waals surface area contributed by atoms with E-state index in [1.54, 1.807) is 14.2 Å². The van der Waals surface area contributed by atoms with E-state index in [1.165, 1.54) is 27.8 Å². The van der Waals surface area contributed by atoms with Crippen molar-refractivity contribution >= 4 is 5.91 Å². The first-order chi connectivity index (χ1) is 18.9. The molecule has 6 heteroatoms. The van der Waals surface area contributed by atoms with Gasteiger partial charge in [-0.25, -0.2) is 0 Å². The number of fused-ring (bicyclic) bond motifs is 1. The maximum atomic E-state index is 13.6. The van der Waals surface area contributed by atoms with Crippen LogP contribution in [0.1, 0.15) is 83.8 Å². The Hall–Kier alpha value is -3.41. The number of carbonyl (C=O) groups excluding carboxylic acids is 1. The van der Waals surface area contributed by atoms with Crippen LogP contribution >= 0.6 is 0 Å². The van der Waals surface area contributed by atoms with Gasteiger partial charge in [0.1, 0.15) is 17.1 Å². The van der Waals surface area contributed by atoms with Gasteiger partial charge in [-0.3, -0.25) is 4.79 Å². The Kier molecular flexibility index (Phi) is 8.86. The molecule has 40 heavy (non-hydrogen) atoms. The van der Waals surface area contributed by atoms with Crippen LogP contribution in [0, 0.1) is 26.7 Å². The normalized spacial score (nSPS) is 14.1. The lowest BCUT2D eigenvalue weighted by Crippen LogP contribution is -2.35. The molecule has 0 unspecified atom stereocenters. The topological polar surface area (TPSA) is 61.1 Å². The first-order valence-corrected chi connectivity index (χ1v) is 14.3. The molecule has 2 aromatic carbocycles. The lowest BCUT2D eigenvalue weighted by Gasteiger charge is -2.35. The molecule has 0 N–H and O–H groups in total. The van der Waals surface area contributed by atoms with E-state index >= 15 is 0 Å². The van der Waals surface area contributed by atoms with Crippen molar-refractivity contribution in [3.63, 3.8) is 0 Å². The van der Waals surface area contributed by atoms with Gasteiger partial charge in [0.25, 0.3) is 5.91 Å². The van der Waals surface area contributed by atoms with Crippen molar-refractivity contribution < 1.29 is 23.4 Å². The van der Waals surface area contributed by atoms with Crippen LogP contribution in [0.15, 0.2) is 34.7 Å². The largest absolute Gasteiger partial charge is 0.493 e. The van der Waals surface area contributed by atoms with Gasteiger partial charge in [0.2, 0.25) is 0 Å². The van der Waals surface area contributed by atoms with Gasteiger partial charge in [0, 0.05) is 19.5 Å². The monoisotopic (exact) mass is 547 g/mol. The molecule has 0 saturated carbocycles. The smallest absolute Gasteiger partial charge is 0.289 e. The fraction of sp³-hybridized carbons (Fsp3) is 0.500. The zero-order chi connectivity index (χ0) is 29.2. The van der Waals surface area contributed by atoms with Gasteiger partial charge >= 0.3 is 0 Å². The lowest BCUT2D eigenvalue weighted by molar-refractivity contribution is 0.0704. The molecule has 0 atom stereocenters. The highest BCUT2D eigenvalue weighted by atomic mass is 16.5. The minimum absolute atomic E-state index is 0.0777. The van der Waals surface area contributed by atoms with Crippen LogP contribution in [0.25, 0.3) is 0 Å². The molecular formula is C34H45NO5. The van der Waals surface area contributed by atoms with Crippen molar-refractivity contribution in [3.05, 3.63) is 75.2 Å². The van der Waals surface area contributed by atoms with Crippen LogP contribution in [-0.4, -0.2) is 43.7 Å². The van der Waals surface area contributed by atoms with Gasteiger partial charge in [-0.2, -0.15) is 0 Å². The zero-order valence-corrected chi connectivity index (χ0v) is 25.7. The minimum Gasteiger partial charge on any atom is -0.493 e. The molecular weight excluding hydrogens is 502 g/mol. The Morgan fingerprint density at radius 1 is 1.00 bits per heavy atom. The van der Waals surface area contributed by atoms with E-state index in [9.17, 15) is 4.79 Å². The van der Waals surface area contributed by atoms with Crippen molar-refractivity contribution in [1.29, 1.82) is 0 Å². The standard InChI is InChI=1S/C34H45NO5/c1-21(2)20-35(17-15-25-10-12-29(37-8)31(18-25)38-9)33(36)30-13-11-26(39-30)19-28-22(3)23(4)32-27(24(28)5)14-16-34(6,7)40-32/h10-13,18,21H,14-17,19-20H2,1-9H3. The predicted octanol–water partition coefficient (Wildman–Crippen LogP) is 7.26. The van der Waals surface area contributed by atoms with Gasteiger partial charge in [0.15, 0.2) is 17.3 Å². The second-order valence-electron chi connectivity index (χ2n) is 12.1. The van der Waals surface area contributed by atoms with E-state index in [0.29, 0.717) is 49.1 Å². The molecule has 6 nitrogen and oxygen atoms in total. The van der Waals surface area contributed by atoms with Crippen LogP contribution in [0.4, 0.5) is 0 Å². The number of hydrogen-bond acceptors (Lipinski definition) is 5. The number of methoxy groups -OCH3 is 2. The van der Waals surface area contributed by atoms with E-state index in [4.69, 9.17) is 18.6 Å². The molecule has 1 aromatic heterocycles. The van der Waals surface area contributed by atoms with Gasteiger partial charge < -0.3 is 23.5 Å². The highest BCUT2D eigenvalue weighted by molar-refractivity contribution is 5.91. The molecule has 216 valence electrons. The van der Waals surface area contributed by atoms with Crippen molar-refractivity contribution in [2.24, 2.45) is 5.92 Å². The molecule has 0 spiro atoms. The molecule has 0 fully saturated rings. The summed E-state index contributed by atoms with van der Waals surface area (Å²) in [6.07, 6.45) is 3.36. The summed E-state index contributed by atoms with van der Waals surface area (Å²) in [6.45, 7) is 16.3. The lowest BCUT2D eigenvalue weighted by atomic mass is 9.84. The summed E-state index contributed by atoms with van der Waals surface area (Å²) >= 11 is 0. The van der Waals surface area contributed by atoms with Gasteiger partial charge in [-0.15, -0.1) is 0 Å². The van der Waals surface area contributed by atoms with Crippen molar-refractivity contribution in [2.45, 2.75) is 79.8 Å². The molecule has 1 aliphatic heterocycles. The Morgan fingerprint density at radius 2 is 1.73 bits per heavy atom. The maximum absolute atomic E-state index is 13.6. The quantitative estimate of drug-likeness (QED) is 0.267. The first kappa shape index (κ1) is 29.6. The second-order valence-corrected chi connectivity index (χ2v) is 12.1. The number of amides is 1.